The third-order valence-electron chi connectivity index (χ3n) is 7.12. The van der Waals surface area contributed by atoms with E-state index in [2.05, 4.69) is 17.5 Å². The zero-order chi connectivity index (χ0) is 19.0. The Balaban J connectivity index is 1.23. The molecule has 1 aliphatic heterocycles. The summed E-state index contributed by atoms with van der Waals surface area (Å²) in [5.74, 6) is 0.344. The van der Waals surface area contributed by atoms with Gasteiger partial charge < -0.3 is 5.32 Å². The number of fused-ring (bicyclic) bond motifs is 1. The summed E-state index contributed by atoms with van der Waals surface area (Å²) in [6.07, 6.45) is 5.42. The minimum Gasteiger partial charge on any atom is -0.324 e. The molecule has 2 bridgehead atoms. The molecule has 4 aliphatic carbocycles. The number of carbonyl (C=O) groups excluding carboxylic acids is 3. The second-order valence-electron chi connectivity index (χ2n) is 8.49. The number of imide groups is 1. The molecule has 2 saturated carbocycles. The Bertz CT molecular complexity index is 1030. The van der Waals surface area contributed by atoms with Crippen molar-refractivity contribution in [2.75, 3.05) is 11.9 Å². The summed E-state index contributed by atoms with van der Waals surface area (Å²) in [7, 11) is 0. The molecule has 7 rings (SSSR count). The van der Waals surface area contributed by atoms with E-state index in [1.807, 2.05) is 42.5 Å². The van der Waals surface area contributed by atoms with Crippen molar-refractivity contribution in [3.8, 4) is 0 Å². The Kier molecular flexibility index (Phi) is 3.17. The SMILES string of the molecule is O=C(CN1C(=O)[C@@H]2[C@H]3C=C[C@@H]([C@@H]4C[C@H]34)[C@H]2C1=O)Nc1cccc2ccccc12. The van der Waals surface area contributed by atoms with Crippen LogP contribution in [0, 0.1) is 35.5 Å². The largest absolute Gasteiger partial charge is 0.324 e. The van der Waals surface area contributed by atoms with Crippen molar-refractivity contribution < 1.29 is 14.4 Å². The molecule has 0 unspecified atom stereocenters. The molecular formula is C23H20N2O3. The second-order valence-corrected chi connectivity index (χ2v) is 8.49. The fraction of sp³-hybridized carbons (Fsp3) is 0.348. The highest BCUT2D eigenvalue weighted by atomic mass is 16.2. The molecule has 6 atom stereocenters. The predicted molar refractivity (Wildman–Crippen MR) is 104 cm³/mol. The first-order valence-electron chi connectivity index (χ1n) is 9.94. The number of amides is 3. The Morgan fingerprint density at radius 3 is 2.29 bits per heavy atom. The summed E-state index contributed by atoms with van der Waals surface area (Å²) in [5, 5.41) is 4.86. The number of carbonyl (C=O) groups is 3. The van der Waals surface area contributed by atoms with Gasteiger partial charge in [0.05, 0.1) is 11.8 Å². The lowest BCUT2D eigenvalue weighted by Crippen LogP contribution is -2.40. The monoisotopic (exact) mass is 372 g/mol. The molecule has 0 radical (unpaired) electrons. The van der Waals surface area contributed by atoms with E-state index in [1.54, 1.807) is 0 Å². The van der Waals surface area contributed by atoms with E-state index in [9.17, 15) is 14.4 Å². The van der Waals surface area contributed by atoms with E-state index in [-0.39, 0.29) is 47.9 Å². The molecule has 5 nitrogen and oxygen atoms in total. The minimum atomic E-state index is -0.331. The van der Waals surface area contributed by atoms with Crippen LogP contribution in [-0.4, -0.2) is 29.2 Å². The highest BCUT2D eigenvalue weighted by molar-refractivity contribution is 6.10. The van der Waals surface area contributed by atoms with Gasteiger partial charge >= 0.3 is 0 Å². The molecule has 5 aliphatic rings. The van der Waals surface area contributed by atoms with Crippen molar-refractivity contribution in [2.45, 2.75) is 6.42 Å². The van der Waals surface area contributed by atoms with Gasteiger partial charge in [0.2, 0.25) is 17.7 Å². The standard InChI is InChI=1S/C23H20N2O3/c26-19(24-18-7-3-5-12-4-1-2-6-13(12)18)11-25-22(27)20-14-8-9-15(17-10-16(14)17)21(20)23(25)28/h1-9,14-17,20-21H,10-11H2,(H,24,26)/t14-,15-,16-,17+,20+,21+/m0/s1. The van der Waals surface area contributed by atoms with E-state index in [0.29, 0.717) is 17.5 Å². The minimum absolute atomic E-state index is 0.159. The van der Waals surface area contributed by atoms with E-state index in [1.165, 1.54) is 4.90 Å². The van der Waals surface area contributed by atoms with E-state index >= 15 is 0 Å². The first-order valence-corrected chi connectivity index (χ1v) is 9.94. The summed E-state index contributed by atoms with van der Waals surface area (Å²) < 4.78 is 0. The van der Waals surface area contributed by atoms with Crippen LogP contribution in [0.15, 0.2) is 54.6 Å². The second kappa shape index (κ2) is 5.53. The number of allylic oxidation sites excluding steroid dienone is 2. The number of likely N-dealkylation sites (tertiary alicyclic amines) is 1. The third-order valence-corrected chi connectivity index (χ3v) is 7.12. The van der Waals surface area contributed by atoms with Crippen molar-refractivity contribution in [1.29, 1.82) is 0 Å². The van der Waals surface area contributed by atoms with Gasteiger partial charge in [-0.15, -0.1) is 0 Å². The highest BCUT2D eigenvalue weighted by Gasteiger charge is 2.67. The Hall–Kier alpha value is -2.95. The van der Waals surface area contributed by atoms with Crippen LogP contribution in [-0.2, 0) is 14.4 Å². The van der Waals surface area contributed by atoms with Gasteiger partial charge in [0.15, 0.2) is 0 Å². The smallest absolute Gasteiger partial charge is 0.244 e. The molecule has 3 amide bonds. The molecule has 2 aromatic carbocycles. The topological polar surface area (TPSA) is 66.5 Å². The number of nitrogens with one attached hydrogen (secondary N) is 1. The lowest BCUT2D eigenvalue weighted by molar-refractivity contribution is -0.142. The summed E-state index contributed by atoms with van der Waals surface area (Å²) in [6.45, 7) is -0.206. The van der Waals surface area contributed by atoms with Crippen LogP contribution in [0.5, 0.6) is 0 Å². The van der Waals surface area contributed by atoms with Gasteiger partial charge in [-0.05, 0) is 41.5 Å². The average Bonchev–Trinajstić information content (AvgIpc) is 3.49. The normalized spacial score (nSPS) is 34.5. The van der Waals surface area contributed by atoms with Gasteiger partial charge in [-0.2, -0.15) is 0 Å². The number of rotatable bonds is 3. The van der Waals surface area contributed by atoms with E-state index in [4.69, 9.17) is 0 Å². The van der Waals surface area contributed by atoms with Crippen LogP contribution in [0.4, 0.5) is 5.69 Å². The summed E-state index contributed by atoms with van der Waals surface area (Å²) in [5.41, 5.74) is 0.697. The highest BCUT2D eigenvalue weighted by Crippen LogP contribution is 2.65. The number of anilines is 1. The van der Waals surface area contributed by atoms with Crippen LogP contribution in [0.1, 0.15) is 6.42 Å². The Morgan fingerprint density at radius 2 is 1.57 bits per heavy atom. The predicted octanol–water partition coefficient (Wildman–Crippen LogP) is 2.83. The molecule has 140 valence electrons. The van der Waals surface area contributed by atoms with Crippen molar-refractivity contribution in [3.63, 3.8) is 0 Å². The maximum atomic E-state index is 13.0. The van der Waals surface area contributed by atoms with E-state index in [0.717, 1.165) is 17.2 Å². The summed E-state index contributed by atoms with van der Waals surface area (Å²) in [4.78, 5) is 39.9. The molecular weight excluding hydrogens is 352 g/mol. The van der Waals surface area contributed by atoms with Crippen LogP contribution in [0.3, 0.4) is 0 Å². The zero-order valence-corrected chi connectivity index (χ0v) is 15.2. The number of hydrogen-bond donors (Lipinski definition) is 1. The fourth-order valence-electron chi connectivity index (χ4n) is 5.84. The quantitative estimate of drug-likeness (QED) is 0.666. The molecule has 1 saturated heterocycles. The summed E-state index contributed by atoms with van der Waals surface area (Å²) in [6, 6.07) is 13.5. The maximum absolute atomic E-state index is 13.0. The van der Waals surface area contributed by atoms with Gasteiger partial charge in [0, 0.05) is 11.1 Å². The lowest BCUT2D eigenvalue weighted by atomic mass is 9.63. The number of benzene rings is 2. The fourth-order valence-corrected chi connectivity index (χ4v) is 5.84. The molecule has 3 fully saturated rings. The van der Waals surface area contributed by atoms with Crippen LogP contribution >= 0.6 is 0 Å². The van der Waals surface area contributed by atoms with Gasteiger partial charge in [-0.25, -0.2) is 0 Å². The molecule has 0 aromatic heterocycles. The van der Waals surface area contributed by atoms with Gasteiger partial charge in [0.25, 0.3) is 0 Å². The van der Waals surface area contributed by atoms with Crippen LogP contribution in [0.2, 0.25) is 0 Å². The molecule has 0 spiro atoms. The first-order chi connectivity index (χ1) is 13.6. The van der Waals surface area contributed by atoms with Gasteiger partial charge in [0.1, 0.15) is 6.54 Å². The molecule has 2 aromatic rings. The van der Waals surface area contributed by atoms with Crippen molar-refractivity contribution in [1.82, 2.24) is 4.90 Å². The van der Waals surface area contributed by atoms with Crippen molar-refractivity contribution in [3.05, 3.63) is 54.6 Å². The maximum Gasteiger partial charge on any atom is 0.244 e. The van der Waals surface area contributed by atoms with Gasteiger partial charge in [-0.1, -0.05) is 48.6 Å². The Morgan fingerprint density at radius 1 is 0.929 bits per heavy atom. The van der Waals surface area contributed by atoms with E-state index < -0.39 is 0 Å². The third kappa shape index (κ3) is 2.10. The number of nitrogens with zero attached hydrogens (tertiary/aromatic N) is 1. The average molecular weight is 372 g/mol. The number of hydrogen-bond acceptors (Lipinski definition) is 3. The lowest BCUT2D eigenvalue weighted by Gasteiger charge is -2.37. The van der Waals surface area contributed by atoms with Gasteiger partial charge in [-0.3, -0.25) is 19.3 Å². The zero-order valence-electron chi connectivity index (χ0n) is 15.2. The molecule has 5 heteroatoms. The van der Waals surface area contributed by atoms with Crippen molar-refractivity contribution >= 4 is 34.2 Å². The Labute approximate surface area is 162 Å². The van der Waals surface area contributed by atoms with Crippen molar-refractivity contribution in [2.24, 2.45) is 35.5 Å². The first kappa shape index (κ1) is 16.0. The molecule has 1 heterocycles. The summed E-state index contributed by atoms with van der Waals surface area (Å²) >= 11 is 0. The van der Waals surface area contributed by atoms with Crippen LogP contribution in [0.25, 0.3) is 10.8 Å². The van der Waals surface area contributed by atoms with Crippen LogP contribution < -0.4 is 5.32 Å². The molecule has 1 N–H and O–H groups in total. The molecule has 28 heavy (non-hydrogen) atoms.